The third kappa shape index (κ3) is 5.08. The molecule has 4 rings (SSSR count). The van der Waals surface area contributed by atoms with E-state index in [9.17, 15) is 4.79 Å². The molecule has 1 fully saturated rings. The van der Waals surface area contributed by atoms with E-state index in [-0.39, 0.29) is 17.9 Å². The molecule has 0 saturated carbocycles. The number of aryl methyl sites for hydroxylation is 2. The van der Waals surface area contributed by atoms with Crippen LogP contribution in [-0.2, 0) is 24.2 Å². The fourth-order valence-electron chi connectivity index (χ4n) is 4.88. The van der Waals surface area contributed by atoms with Gasteiger partial charge in [-0.05, 0) is 80.3 Å². The van der Waals surface area contributed by atoms with Crippen molar-refractivity contribution in [1.29, 1.82) is 0 Å². The minimum atomic E-state index is 0.136. The summed E-state index contributed by atoms with van der Waals surface area (Å²) in [6, 6.07) is 17.6. The van der Waals surface area contributed by atoms with Gasteiger partial charge in [-0.3, -0.25) is 9.69 Å². The summed E-state index contributed by atoms with van der Waals surface area (Å²) in [4.78, 5) is 15.4. The van der Waals surface area contributed by atoms with Crippen LogP contribution in [0.4, 0.5) is 0 Å². The van der Waals surface area contributed by atoms with Crippen molar-refractivity contribution in [3.63, 3.8) is 0 Å². The first-order chi connectivity index (χ1) is 14.2. The maximum absolute atomic E-state index is 13.0. The molecule has 1 aliphatic carbocycles. The van der Waals surface area contributed by atoms with Crippen molar-refractivity contribution in [3.05, 3.63) is 70.8 Å². The first kappa shape index (κ1) is 20.2. The first-order valence-electron chi connectivity index (χ1n) is 11.4. The minimum Gasteiger partial charge on any atom is -0.349 e. The Kier molecular flexibility index (Phi) is 6.66. The number of rotatable bonds is 6. The van der Waals surface area contributed by atoms with E-state index < -0.39 is 0 Å². The average Bonchev–Trinajstić information content (AvgIpc) is 2.78. The van der Waals surface area contributed by atoms with Crippen LogP contribution in [0.5, 0.6) is 0 Å². The largest absolute Gasteiger partial charge is 0.349 e. The van der Waals surface area contributed by atoms with Crippen LogP contribution in [0.2, 0.25) is 0 Å². The Hall–Kier alpha value is -2.13. The molecular weight excluding hydrogens is 356 g/mol. The van der Waals surface area contributed by atoms with E-state index in [1.165, 1.54) is 47.9 Å². The standard InChI is InChI=1S/C26H34N2O/c1-2-25(24-13-12-21-10-6-7-11-23(21)18-24)27-26(29)22-14-16-28(17-15-22)19-20-8-4-3-5-9-20/h3-5,8-9,12-13,18,22,25H,2,6-7,10-11,14-17,19H2,1H3,(H,27,29). The summed E-state index contributed by atoms with van der Waals surface area (Å²) in [6.07, 6.45) is 7.86. The van der Waals surface area contributed by atoms with Gasteiger partial charge >= 0.3 is 0 Å². The van der Waals surface area contributed by atoms with Gasteiger partial charge in [0.15, 0.2) is 0 Å². The van der Waals surface area contributed by atoms with Crippen molar-refractivity contribution >= 4 is 5.91 Å². The fraction of sp³-hybridized carbons (Fsp3) is 0.500. The van der Waals surface area contributed by atoms with Crippen molar-refractivity contribution < 1.29 is 4.79 Å². The van der Waals surface area contributed by atoms with Gasteiger partial charge in [0.05, 0.1) is 6.04 Å². The molecule has 1 aliphatic heterocycles. The first-order valence-corrected chi connectivity index (χ1v) is 11.4. The van der Waals surface area contributed by atoms with Gasteiger partial charge in [-0.2, -0.15) is 0 Å². The Morgan fingerprint density at radius 2 is 1.76 bits per heavy atom. The highest BCUT2D eigenvalue weighted by Gasteiger charge is 2.26. The smallest absolute Gasteiger partial charge is 0.223 e. The fourth-order valence-corrected chi connectivity index (χ4v) is 4.88. The number of fused-ring (bicyclic) bond motifs is 1. The lowest BCUT2D eigenvalue weighted by Crippen LogP contribution is -2.41. The van der Waals surface area contributed by atoms with Gasteiger partial charge in [0.2, 0.25) is 5.91 Å². The van der Waals surface area contributed by atoms with Crippen LogP contribution in [0.3, 0.4) is 0 Å². The van der Waals surface area contributed by atoms with Crippen LogP contribution < -0.4 is 5.32 Å². The van der Waals surface area contributed by atoms with Crippen molar-refractivity contribution in [3.8, 4) is 0 Å². The Morgan fingerprint density at radius 3 is 2.48 bits per heavy atom. The van der Waals surface area contributed by atoms with Gasteiger partial charge in [-0.25, -0.2) is 0 Å². The molecule has 1 atom stereocenters. The molecule has 1 amide bonds. The lowest BCUT2D eigenvalue weighted by Gasteiger charge is -2.32. The van der Waals surface area contributed by atoms with E-state index in [1.807, 2.05) is 0 Å². The SMILES string of the molecule is CCC(NC(=O)C1CCN(Cc2ccccc2)CC1)c1ccc2c(c1)CCCC2. The Labute approximate surface area is 175 Å². The average molecular weight is 391 g/mol. The van der Waals surface area contributed by atoms with E-state index in [0.717, 1.165) is 38.9 Å². The van der Waals surface area contributed by atoms with Crippen LogP contribution in [-0.4, -0.2) is 23.9 Å². The minimum absolute atomic E-state index is 0.136. The van der Waals surface area contributed by atoms with Crippen LogP contribution in [0.1, 0.15) is 67.3 Å². The van der Waals surface area contributed by atoms with E-state index in [1.54, 1.807) is 0 Å². The highest BCUT2D eigenvalue weighted by Crippen LogP contribution is 2.27. The zero-order valence-electron chi connectivity index (χ0n) is 17.7. The number of hydrogen-bond donors (Lipinski definition) is 1. The molecule has 1 heterocycles. The quantitative estimate of drug-likeness (QED) is 0.749. The van der Waals surface area contributed by atoms with E-state index in [2.05, 4.69) is 65.7 Å². The molecular formula is C26H34N2O. The predicted octanol–water partition coefficient (Wildman–Crippen LogP) is 5.04. The number of likely N-dealkylation sites (tertiary alicyclic amines) is 1. The maximum Gasteiger partial charge on any atom is 0.223 e. The van der Waals surface area contributed by atoms with Crippen LogP contribution in [0.25, 0.3) is 0 Å². The molecule has 154 valence electrons. The summed E-state index contributed by atoms with van der Waals surface area (Å²) in [5, 5.41) is 3.37. The van der Waals surface area contributed by atoms with E-state index >= 15 is 0 Å². The molecule has 0 bridgehead atoms. The molecule has 0 radical (unpaired) electrons. The molecule has 2 aliphatic rings. The van der Waals surface area contributed by atoms with Gasteiger partial charge in [0.25, 0.3) is 0 Å². The molecule has 0 spiro atoms. The van der Waals surface area contributed by atoms with Gasteiger partial charge in [0, 0.05) is 12.5 Å². The zero-order valence-corrected chi connectivity index (χ0v) is 17.7. The predicted molar refractivity (Wildman–Crippen MR) is 119 cm³/mol. The molecule has 3 nitrogen and oxygen atoms in total. The van der Waals surface area contributed by atoms with E-state index in [0.29, 0.717) is 0 Å². The summed E-state index contributed by atoms with van der Waals surface area (Å²) in [5.41, 5.74) is 5.64. The molecule has 1 N–H and O–H groups in total. The highest BCUT2D eigenvalue weighted by molar-refractivity contribution is 5.79. The zero-order chi connectivity index (χ0) is 20.1. The van der Waals surface area contributed by atoms with Crippen LogP contribution in [0, 0.1) is 5.92 Å². The number of piperidine rings is 1. The number of nitrogens with one attached hydrogen (secondary N) is 1. The van der Waals surface area contributed by atoms with Gasteiger partial charge < -0.3 is 5.32 Å². The molecule has 1 unspecified atom stereocenters. The van der Waals surface area contributed by atoms with Crippen molar-refractivity contribution in [1.82, 2.24) is 10.2 Å². The molecule has 2 aromatic carbocycles. The number of nitrogens with zero attached hydrogens (tertiary/aromatic N) is 1. The third-order valence-corrected chi connectivity index (χ3v) is 6.71. The number of carbonyl (C=O) groups is 1. The molecule has 29 heavy (non-hydrogen) atoms. The molecule has 3 heteroatoms. The summed E-state index contributed by atoms with van der Waals surface area (Å²) in [5.74, 6) is 0.391. The van der Waals surface area contributed by atoms with Crippen LogP contribution >= 0.6 is 0 Å². The lowest BCUT2D eigenvalue weighted by molar-refractivity contribution is -0.127. The maximum atomic E-state index is 13.0. The number of amides is 1. The molecule has 0 aromatic heterocycles. The third-order valence-electron chi connectivity index (χ3n) is 6.71. The Balaban J connectivity index is 1.31. The monoisotopic (exact) mass is 390 g/mol. The summed E-state index contributed by atoms with van der Waals surface area (Å²) < 4.78 is 0. The summed E-state index contributed by atoms with van der Waals surface area (Å²) in [6.45, 7) is 5.17. The molecule has 1 saturated heterocycles. The van der Waals surface area contributed by atoms with Gasteiger partial charge in [0.1, 0.15) is 0 Å². The topological polar surface area (TPSA) is 32.3 Å². The Bertz CT molecular complexity index is 809. The number of carbonyl (C=O) groups excluding carboxylic acids is 1. The van der Waals surface area contributed by atoms with Gasteiger partial charge in [-0.1, -0.05) is 55.5 Å². The number of hydrogen-bond acceptors (Lipinski definition) is 2. The van der Waals surface area contributed by atoms with Crippen LogP contribution in [0.15, 0.2) is 48.5 Å². The van der Waals surface area contributed by atoms with Crippen molar-refractivity contribution in [2.75, 3.05) is 13.1 Å². The summed E-state index contributed by atoms with van der Waals surface area (Å²) >= 11 is 0. The second kappa shape index (κ2) is 9.58. The molecule has 2 aromatic rings. The second-order valence-corrected chi connectivity index (χ2v) is 8.74. The highest BCUT2D eigenvalue weighted by atomic mass is 16.1. The van der Waals surface area contributed by atoms with Crippen molar-refractivity contribution in [2.45, 2.75) is 64.5 Å². The second-order valence-electron chi connectivity index (χ2n) is 8.74. The lowest BCUT2D eigenvalue weighted by atomic mass is 9.88. The van der Waals surface area contributed by atoms with E-state index in [4.69, 9.17) is 0 Å². The van der Waals surface area contributed by atoms with Crippen molar-refractivity contribution in [2.24, 2.45) is 5.92 Å². The Morgan fingerprint density at radius 1 is 1.03 bits per heavy atom. The van der Waals surface area contributed by atoms with Gasteiger partial charge in [-0.15, -0.1) is 0 Å². The summed E-state index contributed by atoms with van der Waals surface area (Å²) in [7, 11) is 0. The normalized spacial score (nSPS) is 18.8. The number of benzene rings is 2.